The molecule has 0 bridgehead atoms. The van der Waals surface area contributed by atoms with Crippen LogP contribution in [-0.4, -0.2) is 35.0 Å². The maximum Gasteiger partial charge on any atom is 0.0645 e. The van der Waals surface area contributed by atoms with Crippen LogP contribution in [0.2, 0.25) is 0 Å². The quantitative estimate of drug-likeness (QED) is 0.761. The summed E-state index contributed by atoms with van der Waals surface area (Å²) in [4.78, 5) is 10.1. The van der Waals surface area contributed by atoms with Gasteiger partial charge >= 0.3 is 0 Å². The van der Waals surface area contributed by atoms with Gasteiger partial charge in [-0.2, -0.15) is 0 Å². The van der Waals surface area contributed by atoms with E-state index in [0.29, 0.717) is 6.04 Å². The predicted molar refractivity (Wildman–Crippen MR) is 70.2 cm³/mol. The summed E-state index contributed by atoms with van der Waals surface area (Å²) in [6.45, 7) is 0. The lowest BCUT2D eigenvalue weighted by Crippen LogP contribution is -2.29. The average molecular weight is 229 g/mol. The van der Waals surface area contributed by atoms with Gasteiger partial charge < -0.3 is 9.88 Å². The number of rotatable bonds is 1. The van der Waals surface area contributed by atoms with Crippen LogP contribution < -0.4 is 0 Å². The molecule has 0 unspecified atom stereocenters. The van der Waals surface area contributed by atoms with E-state index in [-0.39, 0.29) is 0 Å². The highest BCUT2D eigenvalue weighted by atomic mass is 15.1. The predicted octanol–water partition coefficient (Wildman–Crippen LogP) is 2.37. The van der Waals surface area contributed by atoms with Crippen LogP contribution in [0.3, 0.4) is 0 Å². The Bertz CT molecular complexity index is 527. The highest BCUT2D eigenvalue weighted by Gasteiger charge is 2.21. The standard InChI is InChI=1S/C14H19N3/c1-17(2)10-4-3-5-13-12(8-10)11-6-7-15-9-14(11)16-13/h6-7,9-10,16H,3-5,8H2,1-2H3/t10-/m0/s1. The van der Waals surface area contributed by atoms with Gasteiger partial charge in [0.2, 0.25) is 0 Å². The molecule has 0 aliphatic heterocycles. The largest absolute Gasteiger partial charge is 0.357 e. The molecule has 0 aromatic carbocycles. The van der Waals surface area contributed by atoms with E-state index in [1.54, 1.807) is 0 Å². The highest BCUT2D eigenvalue weighted by molar-refractivity contribution is 5.83. The van der Waals surface area contributed by atoms with Gasteiger partial charge in [-0.15, -0.1) is 0 Å². The molecule has 2 heterocycles. The average Bonchev–Trinajstić information content (AvgIpc) is 2.53. The maximum atomic E-state index is 4.19. The van der Waals surface area contributed by atoms with E-state index in [0.717, 1.165) is 6.42 Å². The molecule has 0 radical (unpaired) electrons. The van der Waals surface area contributed by atoms with E-state index < -0.39 is 0 Å². The Balaban J connectivity index is 2.08. The number of nitrogens with zero attached hydrogens (tertiary/aromatic N) is 2. The van der Waals surface area contributed by atoms with Crippen LogP contribution in [0.4, 0.5) is 0 Å². The number of aryl methyl sites for hydroxylation is 1. The van der Waals surface area contributed by atoms with Crippen molar-refractivity contribution in [2.24, 2.45) is 0 Å². The molecular formula is C14H19N3. The molecule has 17 heavy (non-hydrogen) atoms. The van der Waals surface area contributed by atoms with Crippen molar-refractivity contribution in [1.82, 2.24) is 14.9 Å². The smallest absolute Gasteiger partial charge is 0.0645 e. The molecule has 0 saturated heterocycles. The van der Waals surface area contributed by atoms with Crippen molar-refractivity contribution in [3.05, 3.63) is 29.7 Å². The fourth-order valence-electron chi connectivity index (χ4n) is 2.90. The van der Waals surface area contributed by atoms with Gasteiger partial charge in [0.1, 0.15) is 0 Å². The van der Waals surface area contributed by atoms with Crippen LogP contribution >= 0.6 is 0 Å². The van der Waals surface area contributed by atoms with Crippen molar-refractivity contribution >= 4 is 10.9 Å². The summed E-state index contributed by atoms with van der Waals surface area (Å²) in [5.41, 5.74) is 4.13. The molecule has 90 valence electrons. The molecule has 2 aromatic heterocycles. The van der Waals surface area contributed by atoms with E-state index in [2.05, 4.69) is 35.0 Å². The van der Waals surface area contributed by atoms with Crippen LogP contribution in [-0.2, 0) is 12.8 Å². The number of hydrogen-bond acceptors (Lipinski definition) is 2. The van der Waals surface area contributed by atoms with Crippen LogP contribution in [0, 0.1) is 0 Å². The lowest BCUT2D eigenvalue weighted by atomic mass is 10.0. The number of pyridine rings is 1. The van der Waals surface area contributed by atoms with E-state index in [1.165, 1.54) is 41.4 Å². The minimum Gasteiger partial charge on any atom is -0.357 e. The molecule has 1 aliphatic rings. The van der Waals surface area contributed by atoms with Crippen LogP contribution in [0.1, 0.15) is 24.1 Å². The molecule has 0 spiro atoms. The van der Waals surface area contributed by atoms with E-state index >= 15 is 0 Å². The number of aromatic amines is 1. The topological polar surface area (TPSA) is 31.9 Å². The summed E-state index contributed by atoms with van der Waals surface area (Å²) in [5.74, 6) is 0. The van der Waals surface area contributed by atoms with Gasteiger partial charge in [0.15, 0.2) is 0 Å². The Labute approximate surface area is 102 Å². The van der Waals surface area contributed by atoms with Crippen molar-refractivity contribution in [2.45, 2.75) is 31.7 Å². The van der Waals surface area contributed by atoms with Gasteiger partial charge in [0.25, 0.3) is 0 Å². The number of hydrogen-bond donors (Lipinski definition) is 1. The van der Waals surface area contributed by atoms with Crippen molar-refractivity contribution < 1.29 is 0 Å². The zero-order valence-electron chi connectivity index (χ0n) is 10.5. The molecule has 2 aromatic rings. The van der Waals surface area contributed by atoms with Gasteiger partial charge in [0.05, 0.1) is 11.7 Å². The molecule has 3 rings (SSSR count). The fraction of sp³-hybridized carbons (Fsp3) is 0.500. The van der Waals surface area contributed by atoms with Crippen molar-refractivity contribution in [1.29, 1.82) is 0 Å². The molecule has 1 atom stereocenters. The van der Waals surface area contributed by atoms with E-state index in [1.807, 2.05) is 12.4 Å². The van der Waals surface area contributed by atoms with Gasteiger partial charge in [-0.3, -0.25) is 4.98 Å². The second kappa shape index (κ2) is 4.15. The third-order valence-corrected chi connectivity index (χ3v) is 3.93. The number of fused-ring (bicyclic) bond motifs is 3. The summed E-state index contributed by atoms with van der Waals surface area (Å²) in [6.07, 6.45) is 8.74. The first-order valence-corrected chi connectivity index (χ1v) is 6.35. The van der Waals surface area contributed by atoms with Crippen LogP contribution in [0.5, 0.6) is 0 Å². The Morgan fingerprint density at radius 3 is 3.12 bits per heavy atom. The summed E-state index contributed by atoms with van der Waals surface area (Å²) >= 11 is 0. The second-order valence-corrected chi connectivity index (χ2v) is 5.22. The molecule has 0 amide bonds. The monoisotopic (exact) mass is 229 g/mol. The molecule has 1 N–H and O–H groups in total. The van der Waals surface area contributed by atoms with Crippen molar-refractivity contribution in [2.75, 3.05) is 14.1 Å². The first kappa shape index (κ1) is 10.8. The number of H-pyrrole nitrogens is 1. The Morgan fingerprint density at radius 1 is 1.41 bits per heavy atom. The SMILES string of the molecule is CN(C)[C@H]1CCCc2[nH]c3cnccc3c2C1. The third-order valence-electron chi connectivity index (χ3n) is 3.93. The van der Waals surface area contributed by atoms with Gasteiger partial charge in [-0.1, -0.05) is 0 Å². The number of likely N-dealkylation sites (N-methyl/N-ethyl adjacent to an activating group) is 1. The summed E-state index contributed by atoms with van der Waals surface area (Å²) in [5, 5.41) is 1.36. The lowest BCUT2D eigenvalue weighted by molar-refractivity contribution is 0.277. The van der Waals surface area contributed by atoms with Gasteiger partial charge in [-0.05, 0) is 51.4 Å². The number of nitrogens with one attached hydrogen (secondary N) is 1. The lowest BCUT2D eigenvalue weighted by Gasteiger charge is -2.22. The van der Waals surface area contributed by atoms with Gasteiger partial charge in [0, 0.05) is 23.3 Å². The van der Waals surface area contributed by atoms with Gasteiger partial charge in [-0.25, -0.2) is 0 Å². The minimum absolute atomic E-state index is 0.670. The zero-order chi connectivity index (χ0) is 11.8. The summed E-state index contributed by atoms with van der Waals surface area (Å²) in [7, 11) is 4.37. The van der Waals surface area contributed by atoms with Crippen LogP contribution in [0.25, 0.3) is 10.9 Å². The Kier molecular flexibility index (Phi) is 2.63. The molecule has 3 nitrogen and oxygen atoms in total. The molecular weight excluding hydrogens is 210 g/mol. The second-order valence-electron chi connectivity index (χ2n) is 5.22. The van der Waals surface area contributed by atoms with E-state index in [9.17, 15) is 0 Å². The Hall–Kier alpha value is -1.35. The fourth-order valence-corrected chi connectivity index (χ4v) is 2.90. The first-order valence-electron chi connectivity index (χ1n) is 6.35. The van der Waals surface area contributed by atoms with Crippen LogP contribution in [0.15, 0.2) is 18.5 Å². The summed E-state index contributed by atoms with van der Waals surface area (Å²) < 4.78 is 0. The minimum atomic E-state index is 0.670. The number of aromatic nitrogens is 2. The maximum absolute atomic E-state index is 4.19. The van der Waals surface area contributed by atoms with Crippen molar-refractivity contribution in [3.8, 4) is 0 Å². The highest BCUT2D eigenvalue weighted by Crippen LogP contribution is 2.28. The normalized spacial score (nSPS) is 20.5. The van der Waals surface area contributed by atoms with E-state index in [4.69, 9.17) is 0 Å². The first-order chi connectivity index (χ1) is 8.25. The molecule has 0 fully saturated rings. The molecule has 1 aliphatic carbocycles. The molecule has 0 saturated carbocycles. The van der Waals surface area contributed by atoms with Crippen molar-refractivity contribution in [3.63, 3.8) is 0 Å². The summed E-state index contributed by atoms with van der Waals surface area (Å²) in [6, 6.07) is 2.81. The zero-order valence-corrected chi connectivity index (χ0v) is 10.5. The molecule has 3 heteroatoms. The Morgan fingerprint density at radius 2 is 2.29 bits per heavy atom. The third kappa shape index (κ3) is 1.84.